The van der Waals surface area contributed by atoms with E-state index in [0.717, 1.165) is 6.42 Å². The molecule has 0 unspecified atom stereocenters. The van der Waals surface area contributed by atoms with Crippen molar-refractivity contribution in [3.63, 3.8) is 0 Å². The Labute approximate surface area is 235 Å². The summed E-state index contributed by atoms with van der Waals surface area (Å²) in [5.41, 5.74) is 1.57. The molecule has 0 fully saturated rings. The Balaban J connectivity index is 1.99. The topological polar surface area (TPSA) is 140 Å². The summed E-state index contributed by atoms with van der Waals surface area (Å²) >= 11 is 0. The van der Waals surface area contributed by atoms with Crippen LogP contribution in [0.25, 0.3) is 22.4 Å². The number of hydrogen-bond donors (Lipinski definition) is 1. The number of carbonyl (C=O) groups excluding carboxylic acids is 1. The Morgan fingerprint density at radius 1 is 1.10 bits per heavy atom. The van der Waals surface area contributed by atoms with E-state index in [1.165, 1.54) is 28.0 Å². The second-order valence-corrected chi connectivity index (χ2v) is 11.2. The van der Waals surface area contributed by atoms with E-state index >= 15 is 0 Å². The Morgan fingerprint density at radius 3 is 2.48 bits per heavy atom. The molecule has 0 aliphatic carbocycles. The second-order valence-electron chi connectivity index (χ2n) is 9.29. The Bertz CT molecular complexity index is 1480. The van der Waals surface area contributed by atoms with Crippen LogP contribution < -0.4 is 10.3 Å². The predicted molar refractivity (Wildman–Crippen MR) is 153 cm³/mol. The standard InChI is InChI=1S/C27H40N6O6S/c1-7-11-22-24-25(31(6)30-22)27(35)29-26(28-24)21-18-20(12-13-23(21)38-10-4)40(36,37)33(9-3)15-14-32(8-2)16-17-39-19(5)34/h12-13,18H,7-11,14-17H2,1-6H3,(H,28,29,35). The number of nitrogens with one attached hydrogen (secondary N) is 1. The summed E-state index contributed by atoms with van der Waals surface area (Å²) in [6.07, 6.45) is 1.49. The second kappa shape index (κ2) is 13.9. The van der Waals surface area contributed by atoms with Gasteiger partial charge in [0, 0.05) is 40.2 Å². The van der Waals surface area contributed by atoms with Crippen molar-refractivity contribution in [2.75, 3.05) is 45.9 Å². The summed E-state index contributed by atoms with van der Waals surface area (Å²) in [6, 6.07) is 4.60. The van der Waals surface area contributed by atoms with Crippen molar-refractivity contribution in [3.05, 3.63) is 34.2 Å². The SMILES string of the molecule is CCCc1nn(C)c2c(=O)[nH]c(-c3cc(S(=O)(=O)N(CC)CCN(CC)CCOC(C)=O)ccc3OCC)nc12. The number of likely N-dealkylation sites (N-methyl/N-ethyl adjacent to an activating group) is 2. The number of esters is 1. The Hall–Kier alpha value is -3.29. The summed E-state index contributed by atoms with van der Waals surface area (Å²) in [5, 5.41) is 4.47. The highest BCUT2D eigenvalue weighted by Gasteiger charge is 2.26. The minimum atomic E-state index is -3.89. The molecule has 0 saturated carbocycles. The predicted octanol–water partition coefficient (Wildman–Crippen LogP) is 2.57. The number of aromatic nitrogens is 4. The van der Waals surface area contributed by atoms with E-state index in [2.05, 4.69) is 10.1 Å². The van der Waals surface area contributed by atoms with Crippen LogP contribution >= 0.6 is 0 Å². The van der Waals surface area contributed by atoms with Gasteiger partial charge in [-0.1, -0.05) is 27.2 Å². The maximum atomic E-state index is 13.7. The highest BCUT2D eigenvalue weighted by atomic mass is 32.2. The van der Waals surface area contributed by atoms with E-state index in [0.29, 0.717) is 60.7 Å². The lowest BCUT2D eigenvalue weighted by Crippen LogP contribution is -2.39. The van der Waals surface area contributed by atoms with Crippen molar-refractivity contribution in [1.82, 2.24) is 29.0 Å². The van der Waals surface area contributed by atoms with Crippen molar-refractivity contribution in [3.8, 4) is 17.1 Å². The maximum Gasteiger partial charge on any atom is 0.302 e. The van der Waals surface area contributed by atoms with Crippen LogP contribution in [0.3, 0.4) is 0 Å². The first-order chi connectivity index (χ1) is 19.1. The third kappa shape index (κ3) is 7.07. The van der Waals surface area contributed by atoms with E-state index in [-0.39, 0.29) is 41.9 Å². The van der Waals surface area contributed by atoms with Gasteiger partial charge in [0.05, 0.1) is 22.8 Å². The lowest BCUT2D eigenvalue weighted by molar-refractivity contribution is -0.141. The van der Waals surface area contributed by atoms with Gasteiger partial charge < -0.3 is 14.5 Å². The average molecular weight is 577 g/mol. The van der Waals surface area contributed by atoms with Gasteiger partial charge in [0.1, 0.15) is 23.7 Å². The summed E-state index contributed by atoms with van der Waals surface area (Å²) in [7, 11) is -2.19. The first-order valence-electron chi connectivity index (χ1n) is 13.7. The highest BCUT2D eigenvalue weighted by Crippen LogP contribution is 2.32. The van der Waals surface area contributed by atoms with Gasteiger partial charge in [-0.05, 0) is 38.1 Å². The van der Waals surface area contributed by atoms with Crippen molar-refractivity contribution < 1.29 is 22.7 Å². The quantitative estimate of drug-likeness (QED) is 0.270. The first-order valence-corrected chi connectivity index (χ1v) is 15.1. The molecule has 0 bridgehead atoms. The van der Waals surface area contributed by atoms with Crippen LogP contribution in [0.1, 0.15) is 46.7 Å². The molecule has 0 aliphatic heterocycles. The van der Waals surface area contributed by atoms with Gasteiger partial charge in [0.2, 0.25) is 10.0 Å². The number of H-pyrrole nitrogens is 1. The average Bonchev–Trinajstić information content (AvgIpc) is 3.23. The van der Waals surface area contributed by atoms with E-state index < -0.39 is 10.0 Å². The molecule has 12 nitrogen and oxygen atoms in total. The zero-order valence-corrected chi connectivity index (χ0v) is 25.0. The van der Waals surface area contributed by atoms with Gasteiger partial charge in [0.25, 0.3) is 5.56 Å². The lowest BCUT2D eigenvalue weighted by Gasteiger charge is -2.26. The molecule has 1 N–H and O–H groups in total. The fraction of sp³-hybridized carbons (Fsp3) is 0.556. The number of ether oxygens (including phenoxy) is 2. The van der Waals surface area contributed by atoms with E-state index in [1.54, 1.807) is 20.0 Å². The number of benzene rings is 1. The third-order valence-corrected chi connectivity index (χ3v) is 8.54. The molecule has 3 rings (SSSR count). The summed E-state index contributed by atoms with van der Waals surface area (Å²) in [6.45, 7) is 11.7. The number of aryl methyl sites for hydroxylation is 2. The number of rotatable bonds is 15. The van der Waals surface area contributed by atoms with Crippen LogP contribution in [0.5, 0.6) is 5.75 Å². The Kier molecular flexibility index (Phi) is 10.8. The zero-order chi connectivity index (χ0) is 29.4. The number of aromatic amines is 1. The maximum absolute atomic E-state index is 13.7. The monoisotopic (exact) mass is 576 g/mol. The molecule has 2 heterocycles. The molecule has 3 aromatic rings. The number of nitrogens with zero attached hydrogens (tertiary/aromatic N) is 5. The van der Waals surface area contributed by atoms with Crippen LogP contribution in [-0.2, 0) is 33.0 Å². The van der Waals surface area contributed by atoms with Crippen LogP contribution in [0, 0.1) is 0 Å². The smallest absolute Gasteiger partial charge is 0.302 e. The fourth-order valence-electron chi connectivity index (χ4n) is 4.51. The molecule has 220 valence electrons. The van der Waals surface area contributed by atoms with Gasteiger partial charge >= 0.3 is 5.97 Å². The largest absolute Gasteiger partial charge is 0.493 e. The molecule has 0 atom stereocenters. The van der Waals surface area contributed by atoms with Crippen LogP contribution in [0.4, 0.5) is 0 Å². The van der Waals surface area contributed by atoms with Crippen molar-refractivity contribution in [2.45, 2.75) is 52.4 Å². The van der Waals surface area contributed by atoms with Crippen molar-refractivity contribution in [2.24, 2.45) is 7.05 Å². The molecule has 0 saturated heterocycles. The van der Waals surface area contributed by atoms with E-state index in [9.17, 15) is 18.0 Å². The van der Waals surface area contributed by atoms with E-state index in [4.69, 9.17) is 14.5 Å². The fourth-order valence-corrected chi connectivity index (χ4v) is 5.98. The molecule has 40 heavy (non-hydrogen) atoms. The van der Waals surface area contributed by atoms with E-state index in [1.807, 2.05) is 25.7 Å². The molecule has 0 spiro atoms. The van der Waals surface area contributed by atoms with Gasteiger partial charge in [-0.3, -0.25) is 19.2 Å². The van der Waals surface area contributed by atoms with Crippen LogP contribution in [0.15, 0.2) is 27.9 Å². The van der Waals surface area contributed by atoms with Gasteiger partial charge in [-0.2, -0.15) is 9.40 Å². The minimum Gasteiger partial charge on any atom is -0.493 e. The molecule has 0 amide bonds. The van der Waals surface area contributed by atoms with Gasteiger partial charge in [-0.15, -0.1) is 0 Å². The number of fused-ring (bicyclic) bond motifs is 1. The Morgan fingerprint density at radius 2 is 1.85 bits per heavy atom. The third-order valence-electron chi connectivity index (χ3n) is 6.57. The molecule has 1 aromatic carbocycles. The zero-order valence-electron chi connectivity index (χ0n) is 24.2. The minimum absolute atomic E-state index is 0.0680. The number of hydrogen-bond acceptors (Lipinski definition) is 9. The molecule has 0 aliphatic rings. The molecular formula is C27H40N6O6S. The molecular weight excluding hydrogens is 536 g/mol. The number of carbonyl (C=O) groups is 1. The van der Waals surface area contributed by atoms with Gasteiger partial charge in [-0.25, -0.2) is 13.4 Å². The lowest BCUT2D eigenvalue weighted by atomic mass is 10.1. The van der Waals surface area contributed by atoms with Crippen LogP contribution in [-0.4, -0.2) is 89.3 Å². The molecule has 2 aromatic heterocycles. The normalized spacial score (nSPS) is 12.0. The highest BCUT2D eigenvalue weighted by molar-refractivity contribution is 7.89. The van der Waals surface area contributed by atoms with Crippen LogP contribution in [0.2, 0.25) is 0 Å². The summed E-state index contributed by atoms with van der Waals surface area (Å²) < 4.78 is 41.2. The van der Waals surface area contributed by atoms with Crippen molar-refractivity contribution in [1.29, 1.82) is 0 Å². The van der Waals surface area contributed by atoms with Crippen molar-refractivity contribution >= 4 is 27.0 Å². The summed E-state index contributed by atoms with van der Waals surface area (Å²) in [4.78, 5) is 33.7. The molecule has 0 radical (unpaired) electrons. The first kappa shape index (κ1) is 31.2. The summed E-state index contributed by atoms with van der Waals surface area (Å²) in [5.74, 6) is 0.282. The molecule has 13 heteroatoms. The van der Waals surface area contributed by atoms with Gasteiger partial charge in [0.15, 0.2) is 5.52 Å². The number of sulfonamides is 1.